The monoisotopic (exact) mass is 362 g/mol. The number of fused-ring (bicyclic) bond motifs is 1. The molecule has 2 atom stereocenters. The number of likely N-dealkylation sites (tertiary alicyclic amines) is 1. The van der Waals surface area contributed by atoms with Crippen molar-refractivity contribution in [3.05, 3.63) is 23.3 Å². The van der Waals surface area contributed by atoms with E-state index in [0.717, 1.165) is 64.0 Å². The van der Waals surface area contributed by atoms with Crippen molar-refractivity contribution in [1.82, 2.24) is 9.80 Å². The second-order valence-electron chi connectivity index (χ2n) is 7.73. The van der Waals surface area contributed by atoms with Crippen LogP contribution in [0.3, 0.4) is 0 Å². The van der Waals surface area contributed by atoms with Gasteiger partial charge in [0.15, 0.2) is 11.5 Å². The zero-order chi connectivity index (χ0) is 17.9. The molecule has 3 heterocycles. The summed E-state index contributed by atoms with van der Waals surface area (Å²) in [5, 5.41) is 9.86. The van der Waals surface area contributed by atoms with E-state index in [4.69, 9.17) is 14.2 Å². The predicted molar refractivity (Wildman–Crippen MR) is 98.8 cm³/mol. The fourth-order valence-electron chi connectivity index (χ4n) is 4.34. The molecule has 1 N–H and O–H groups in total. The van der Waals surface area contributed by atoms with Crippen LogP contribution in [-0.4, -0.2) is 80.7 Å². The van der Waals surface area contributed by atoms with Gasteiger partial charge in [0.25, 0.3) is 0 Å². The number of aryl methyl sites for hydroxylation is 1. The first kappa shape index (κ1) is 18.0. The highest BCUT2D eigenvalue weighted by atomic mass is 16.6. The van der Waals surface area contributed by atoms with Crippen LogP contribution in [0.4, 0.5) is 0 Å². The van der Waals surface area contributed by atoms with E-state index < -0.39 is 0 Å². The fraction of sp³-hybridized carbons (Fsp3) is 0.700. The van der Waals surface area contributed by atoms with Crippen LogP contribution in [0.2, 0.25) is 0 Å². The highest BCUT2D eigenvalue weighted by molar-refractivity contribution is 5.47. The number of nitrogens with zero attached hydrogens (tertiary/aromatic N) is 2. The summed E-state index contributed by atoms with van der Waals surface area (Å²) in [6.45, 7) is 11.3. The molecule has 0 aliphatic carbocycles. The molecule has 2 saturated heterocycles. The quantitative estimate of drug-likeness (QED) is 0.848. The van der Waals surface area contributed by atoms with Crippen LogP contribution in [0.15, 0.2) is 12.1 Å². The molecule has 1 aromatic carbocycles. The van der Waals surface area contributed by atoms with Gasteiger partial charge in [-0.3, -0.25) is 9.80 Å². The zero-order valence-electron chi connectivity index (χ0n) is 15.7. The number of rotatable bonds is 5. The van der Waals surface area contributed by atoms with Crippen molar-refractivity contribution >= 4 is 0 Å². The molecule has 0 bridgehead atoms. The van der Waals surface area contributed by atoms with E-state index in [0.29, 0.717) is 25.0 Å². The molecule has 3 aliphatic rings. The first-order valence-corrected chi connectivity index (χ1v) is 9.75. The van der Waals surface area contributed by atoms with Gasteiger partial charge in [-0.1, -0.05) is 0 Å². The molecule has 144 valence electrons. The minimum Gasteiger partial charge on any atom is -0.486 e. The lowest BCUT2D eigenvalue weighted by Crippen LogP contribution is -2.41. The fourth-order valence-corrected chi connectivity index (χ4v) is 4.34. The third-order valence-corrected chi connectivity index (χ3v) is 5.88. The van der Waals surface area contributed by atoms with Gasteiger partial charge in [0, 0.05) is 45.9 Å². The van der Waals surface area contributed by atoms with Crippen molar-refractivity contribution in [2.75, 3.05) is 65.8 Å². The maximum absolute atomic E-state index is 9.86. The van der Waals surface area contributed by atoms with Crippen molar-refractivity contribution in [2.45, 2.75) is 13.5 Å². The lowest BCUT2D eigenvalue weighted by atomic mass is 9.96. The maximum Gasteiger partial charge on any atom is 0.161 e. The molecular formula is C20H30N2O4. The van der Waals surface area contributed by atoms with Crippen LogP contribution in [0.1, 0.15) is 11.1 Å². The molecule has 6 heteroatoms. The SMILES string of the molecule is Cc1cc2c(cc1CN1C[C@@H](CN3CCOCC3)[C@@H](CO)C1)OCCO2. The minimum absolute atomic E-state index is 0.269. The van der Waals surface area contributed by atoms with E-state index in [1.54, 1.807) is 0 Å². The number of morpholine rings is 1. The standard InChI is InChI=1S/C20H30N2O4/c1-15-8-19-20(26-7-6-25-19)9-16(15)10-22-12-17(18(13-22)14-23)11-21-2-4-24-5-3-21/h8-9,17-18,23H,2-7,10-14H2,1H3/t17-,18-/m1/s1. The third-order valence-electron chi connectivity index (χ3n) is 5.88. The summed E-state index contributed by atoms with van der Waals surface area (Å²) in [5.41, 5.74) is 2.53. The highest BCUT2D eigenvalue weighted by Gasteiger charge is 2.34. The number of hydrogen-bond donors (Lipinski definition) is 1. The molecule has 26 heavy (non-hydrogen) atoms. The third kappa shape index (κ3) is 3.98. The Kier molecular flexibility index (Phi) is 5.64. The number of ether oxygens (including phenoxy) is 3. The molecule has 3 aliphatic heterocycles. The lowest BCUT2D eigenvalue weighted by molar-refractivity contribution is 0.0264. The Labute approximate surface area is 155 Å². The van der Waals surface area contributed by atoms with Crippen LogP contribution in [0.5, 0.6) is 11.5 Å². The first-order valence-electron chi connectivity index (χ1n) is 9.75. The van der Waals surface area contributed by atoms with E-state index in [-0.39, 0.29) is 6.61 Å². The Morgan fingerprint density at radius 2 is 1.65 bits per heavy atom. The van der Waals surface area contributed by atoms with Crippen LogP contribution in [-0.2, 0) is 11.3 Å². The number of hydrogen-bond acceptors (Lipinski definition) is 6. The van der Waals surface area contributed by atoms with Gasteiger partial charge in [-0.05, 0) is 42.0 Å². The summed E-state index contributed by atoms with van der Waals surface area (Å²) in [7, 11) is 0. The molecule has 0 saturated carbocycles. The van der Waals surface area contributed by atoms with E-state index >= 15 is 0 Å². The van der Waals surface area contributed by atoms with Gasteiger partial charge in [0.2, 0.25) is 0 Å². The summed E-state index contributed by atoms with van der Waals surface area (Å²) in [4.78, 5) is 4.96. The summed E-state index contributed by atoms with van der Waals surface area (Å²) in [6, 6.07) is 4.22. The van der Waals surface area contributed by atoms with Crippen LogP contribution >= 0.6 is 0 Å². The molecule has 0 spiro atoms. The molecule has 0 aromatic heterocycles. The first-order chi connectivity index (χ1) is 12.7. The Morgan fingerprint density at radius 1 is 0.962 bits per heavy atom. The topological polar surface area (TPSA) is 54.4 Å². The van der Waals surface area contributed by atoms with Gasteiger partial charge in [0.05, 0.1) is 13.2 Å². The zero-order valence-corrected chi connectivity index (χ0v) is 15.7. The smallest absolute Gasteiger partial charge is 0.161 e. The summed E-state index contributed by atoms with van der Waals surface area (Å²) in [5.74, 6) is 2.60. The van der Waals surface area contributed by atoms with Crippen molar-refractivity contribution in [2.24, 2.45) is 11.8 Å². The van der Waals surface area contributed by atoms with Gasteiger partial charge in [0.1, 0.15) is 13.2 Å². The summed E-state index contributed by atoms with van der Waals surface area (Å²) < 4.78 is 16.9. The predicted octanol–water partition coefficient (Wildman–Crippen LogP) is 1.14. The van der Waals surface area contributed by atoms with E-state index in [1.807, 2.05) is 0 Å². The molecule has 0 radical (unpaired) electrons. The minimum atomic E-state index is 0.269. The van der Waals surface area contributed by atoms with E-state index in [1.165, 1.54) is 11.1 Å². The van der Waals surface area contributed by atoms with Crippen molar-refractivity contribution in [3.63, 3.8) is 0 Å². The van der Waals surface area contributed by atoms with Crippen molar-refractivity contribution in [3.8, 4) is 11.5 Å². The van der Waals surface area contributed by atoms with Crippen molar-refractivity contribution in [1.29, 1.82) is 0 Å². The Balaban J connectivity index is 1.40. The van der Waals surface area contributed by atoms with Gasteiger partial charge in [-0.25, -0.2) is 0 Å². The number of aliphatic hydroxyl groups excluding tert-OH is 1. The average Bonchev–Trinajstić information content (AvgIpc) is 3.04. The molecule has 2 fully saturated rings. The Hall–Kier alpha value is -1.34. The van der Waals surface area contributed by atoms with Gasteiger partial charge >= 0.3 is 0 Å². The van der Waals surface area contributed by atoms with Gasteiger partial charge < -0.3 is 19.3 Å². The number of aliphatic hydroxyl groups is 1. The molecular weight excluding hydrogens is 332 g/mol. The van der Waals surface area contributed by atoms with Crippen LogP contribution < -0.4 is 9.47 Å². The average molecular weight is 362 g/mol. The summed E-state index contributed by atoms with van der Waals surface area (Å²) in [6.07, 6.45) is 0. The maximum atomic E-state index is 9.86. The van der Waals surface area contributed by atoms with Crippen LogP contribution in [0.25, 0.3) is 0 Å². The normalized spacial score (nSPS) is 27.0. The van der Waals surface area contributed by atoms with Crippen LogP contribution in [0, 0.1) is 18.8 Å². The highest BCUT2D eigenvalue weighted by Crippen LogP contribution is 2.34. The van der Waals surface area contributed by atoms with Crippen molar-refractivity contribution < 1.29 is 19.3 Å². The Bertz CT molecular complexity index is 618. The second kappa shape index (κ2) is 8.13. The van der Waals surface area contributed by atoms with Gasteiger partial charge in [-0.15, -0.1) is 0 Å². The summed E-state index contributed by atoms with van der Waals surface area (Å²) >= 11 is 0. The Morgan fingerprint density at radius 3 is 2.38 bits per heavy atom. The largest absolute Gasteiger partial charge is 0.486 e. The second-order valence-corrected chi connectivity index (χ2v) is 7.73. The molecule has 0 amide bonds. The molecule has 1 aromatic rings. The molecule has 4 rings (SSSR count). The van der Waals surface area contributed by atoms with Gasteiger partial charge in [-0.2, -0.15) is 0 Å². The van der Waals surface area contributed by atoms with E-state index in [2.05, 4.69) is 28.9 Å². The van der Waals surface area contributed by atoms with E-state index in [9.17, 15) is 5.11 Å². The lowest BCUT2D eigenvalue weighted by Gasteiger charge is -2.30. The number of benzene rings is 1. The molecule has 0 unspecified atom stereocenters. The molecule has 6 nitrogen and oxygen atoms in total.